The van der Waals surface area contributed by atoms with Gasteiger partial charge >= 0.3 is 0 Å². The number of nitrogens with zero attached hydrogens (tertiary/aromatic N) is 1. The van der Waals surface area contributed by atoms with Gasteiger partial charge in [-0.15, -0.1) is 0 Å². The van der Waals surface area contributed by atoms with Gasteiger partial charge in [-0.2, -0.15) is 0 Å². The van der Waals surface area contributed by atoms with Gasteiger partial charge in [-0.3, -0.25) is 9.79 Å². The lowest BCUT2D eigenvalue weighted by molar-refractivity contribution is -0.121. The molecular formula is C18H27FN4O. The van der Waals surface area contributed by atoms with E-state index in [0.29, 0.717) is 19.0 Å². The van der Waals surface area contributed by atoms with E-state index in [1.165, 1.54) is 25.0 Å². The lowest BCUT2D eigenvalue weighted by atomic mass is 9.99. The van der Waals surface area contributed by atoms with Crippen molar-refractivity contribution >= 4 is 11.9 Å². The van der Waals surface area contributed by atoms with Crippen LogP contribution in [0.3, 0.4) is 0 Å². The average molecular weight is 334 g/mol. The number of carbonyl (C=O) groups excluding carboxylic acids is 1. The molecule has 1 saturated carbocycles. The highest BCUT2D eigenvalue weighted by atomic mass is 19.1. The number of hydrogen-bond donors (Lipinski definition) is 3. The second-order valence-corrected chi connectivity index (χ2v) is 6.28. The van der Waals surface area contributed by atoms with Crippen molar-refractivity contribution in [2.75, 3.05) is 13.1 Å². The molecule has 0 radical (unpaired) electrons. The molecule has 1 aromatic rings. The van der Waals surface area contributed by atoms with E-state index in [2.05, 4.69) is 15.6 Å². The number of primary amides is 1. The molecule has 0 bridgehead atoms. The molecule has 4 N–H and O–H groups in total. The van der Waals surface area contributed by atoms with E-state index in [1.54, 1.807) is 12.1 Å². The lowest BCUT2D eigenvalue weighted by Gasteiger charge is -2.18. The molecule has 24 heavy (non-hydrogen) atoms. The zero-order valence-electron chi connectivity index (χ0n) is 14.2. The number of nitrogens with two attached hydrogens (primary N) is 1. The summed E-state index contributed by atoms with van der Waals surface area (Å²) in [6.45, 7) is 3.09. The maximum Gasteiger partial charge on any atom is 0.222 e. The minimum Gasteiger partial charge on any atom is -0.369 e. The average Bonchev–Trinajstić information content (AvgIpc) is 3.06. The topological polar surface area (TPSA) is 79.5 Å². The van der Waals surface area contributed by atoms with Crippen molar-refractivity contribution in [1.82, 2.24) is 10.6 Å². The Balaban J connectivity index is 1.98. The van der Waals surface area contributed by atoms with Gasteiger partial charge in [0.15, 0.2) is 5.96 Å². The summed E-state index contributed by atoms with van der Waals surface area (Å²) < 4.78 is 13.0. The van der Waals surface area contributed by atoms with Gasteiger partial charge in [-0.05, 0) is 43.9 Å². The maximum atomic E-state index is 13.0. The van der Waals surface area contributed by atoms with E-state index < -0.39 is 5.92 Å². The van der Waals surface area contributed by atoms with Crippen molar-refractivity contribution in [1.29, 1.82) is 0 Å². The van der Waals surface area contributed by atoms with Gasteiger partial charge in [-0.1, -0.05) is 25.0 Å². The molecule has 0 heterocycles. The molecule has 1 amide bonds. The fraction of sp³-hybridized carbons (Fsp3) is 0.556. The zero-order chi connectivity index (χ0) is 17.4. The minimum atomic E-state index is -0.408. The van der Waals surface area contributed by atoms with Gasteiger partial charge in [0.2, 0.25) is 5.91 Å². The molecule has 1 aromatic carbocycles. The van der Waals surface area contributed by atoms with Crippen molar-refractivity contribution in [3.8, 4) is 0 Å². The minimum absolute atomic E-state index is 0.289. The van der Waals surface area contributed by atoms with E-state index in [1.807, 2.05) is 6.92 Å². The Kier molecular flexibility index (Phi) is 7.03. The van der Waals surface area contributed by atoms with Crippen LogP contribution in [0.2, 0.25) is 0 Å². The summed E-state index contributed by atoms with van der Waals surface area (Å²) in [6.07, 6.45) is 5.25. The van der Waals surface area contributed by atoms with Gasteiger partial charge in [0.25, 0.3) is 0 Å². The molecule has 0 spiro atoms. The smallest absolute Gasteiger partial charge is 0.222 e. The van der Waals surface area contributed by atoms with Crippen molar-refractivity contribution < 1.29 is 9.18 Å². The molecular weight excluding hydrogens is 307 g/mol. The first-order chi connectivity index (χ1) is 11.6. The first kappa shape index (κ1) is 18.2. The molecule has 6 heteroatoms. The highest BCUT2D eigenvalue weighted by Gasteiger charge is 2.18. The standard InChI is InChI=1S/C18H27FN4O/c1-2-21-18(23-16-5-3-4-6-16)22-12-14(17(20)24)11-13-7-9-15(19)10-8-13/h7-10,14,16H,2-6,11-12H2,1H3,(H2,20,24)(H2,21,22,23). The second-order valence-electron chi connectivity index (χ2n) is 6.28. The summed E-state index contributed by atoms with van der Waals surface area (Å²) >= 11 is 0. The van der Waals surface area contributed by atoms with Gasteiger partial charge in [0.05, 0.1) is 12.5 Å². The Labute approximate surface area is 142 Å². The third-order valence-corrected chi connectivity index (χ3v) is 4.31. The molecule has 0 saturated heterocycles. The summed E-state index contributed by atoms with van der Waals surface area (Å²) in [5.74, 6) is -0.355. The maximum absolute atomic E-state index is 13.0. The van der Waals surface area contributed by atoms with Gasteiger partial charge in [0.1, 0.15) is 5.82 Å². The summed E-state index contributed by atoms with van der Waals surface area (Å²) in [6, 6.07) is 6.59. The number of benzene rings is 1. The lowest BCUT2D eigenvalue weighted by Crippen LogP contribution is -2.43. The monoisotopic (exact) mass is 334 g/mol. The van der Waals surface area contributed by atoms with E-state index in [-0.39, 0.29) is 11.7 Å². The number of rotatable bonds is 7. The van der Waals surface area contributed by atoms with Gasteiger partial charge in [0, 0.05) is 12.6 Å². The van der Waals surface area contributed by atoms with Crippen LogP contribution in [0.5, 0.6) is 0 Å². The van der Waals surface area contributed by atoms with Crippen LogP contribution in [-0.2, 0) is 11.2 Å². The SMILES string of the molecule is CCNC(=NCC(Cc1ccc(F)cc1)C(N)=O)NC1CCCC1. The normalized spacial score (nSPS) is 16.8. The molecule has 5 nitrogen and oxygen atoms in total. The number of carbonyl (C=O) groups is 1. The highest BCUT2D eigenvalue weighted by molar-refractivity contribution is 5.81. The largest absolute Gasteiger partial charge is 0.369 e. The third-order valence-electron chi connectivity index (χ3n) is 4.31. The molecule has 1 aliphatic rings. The Morgan fingerprint density at radius 1 is 1.33 bits per heavy atom. The van der Waals surface area contributed by atoms with Crippen LogP contribution < -0.4 is 16.4 Å². The van der Waals surface area contributed by atoms with Crippen LogP contribution >= 0.6 is 0 Å². The summed E-state index contributed by atoms with van der Waals surface area (Å²) in [4.78, 5) is 16.3. The summed E-state index contributed by atoms with van der Waals surface area (Å²) in [7, 11) is 0. The molecule has 1 unspecified atom stereocenters. The van der Waals surface area contributed by atoms with E-state index >= 15 is 0 Å². The second kappa shape index (κ2) is 9.25. The summed E-state index contributed by atoms with van der Waals surface area (Å²) in [5, 5.41) is 6.63. The van der Waals surface area contributed by atoms with Crippen molar-refractivity contribution in [2.24, 2.45) is 16.6 Å². The van der Waals surface area contributed by atoms with E-state index in [9.17, 15) is 9.18 Å². The van der Waals surface area contributed by atoms with Crippen LogP contribution in [0.4, 0.5) is 4.39 Å². The fourth-order valence-corrected chi connectivity index (χ4v) is 2.95. The number of aliphatic imine (C=N–C) groups is 1. The molecule has 0 aromatic heterocycles. The Hall–Kier alpha value is -2.11. The predicted octanol–water partition coefficient (Wildman–Crippen LogP) is 1.97. The van der Waals surface area contributed by atoms with Gasteiger partial charge < -0.3 is 16.4 Å². The first-order valence-electron chi connectivity index (χ1n) is 8.67. The zero-order valence-corrected chi connectivity index (χ0v) is 14.2. The van der Waals surface area contributed by atoms with Crippen LogP contribution in [0.15, 0.2) is 29.3 Å². The predicted molar refractivity (Wildman–Crippen MR) is 94.2 cm³/mol. The number of halogens is 1. The first-order valence-corrected chi connectivity index (χ1v) is 8.67. The van der Waals surface area contributed by atoms with Crippen LogP contribution in [0, 0.1) is 11.7 Å². The number of hydrogen-bond acceptors (Lipinski definition) is 2. The Morgan fingerprint density at radius 2 is 2.00 bits per heavy atom. The quantitative estimate of drug-likeness (QED) is 0.527. The Bertz CT molecular complexity index is 553. The van der Waals surface area contributed by atoms with Crippen LogP contribution in [-0.4, -0.2) is 31.0 Å². The molecule has 2 rings (SSSR count). The van der Waals surface area contributed by atoms with Gasteiger partial charge in [-0.25, -0.2) is 4.39 Å². The number of amides is 1. The molecule has 1 aliphatic carbocycles. The van der Waals surface area contributed by atoms with Crippen molar-refractivity contribution in [2.45, 2.75) is 45.1 Å². The van der Waals surface area contributed by atoms with E-state index in [4.69, 9.17) is 5.73 Å². The number of guanidine groups is 1. The molecule has 1 fully saturated rings. The molecule has 132 valence electrons. The molecule has 0 aliphatic heterocycles. The highest BCUT2D eigenvalue weighted by Crippen LogP contribution is 2.17. The Morgan fingerprint density at radius 3 is 2.58 bits per heavy atom. The summed E-state index contributed by atoms with van der Waals surface area (Å²) in [5.41, 5.74) is 6.39. The van der Waals surface area contributed by atoms with Crippen molar-refractivity contribution in [3.63, 3.8) is 0 Å². The van der Waals surface area contributed by atoms with Crippen molar-refractivity contribution in [3.05, 3.63) is 35.6 Å². The van der Waals surface area contributed by atoms with Crippen LogP contribution in [0.1, 0.15) is 38.2 Å². The van der Waals surface area contributed by atoms with Crippen LogP contribution in [0.25, 0.3) is 0 Å². The molecule has 1 atom stereocenters. The fourth-order valence-electron chi connectivity index (χ4n) is 2.95. The number of nitrogens with one attached hydrogen (secondary N) is 2. The third kappa shape index (κ3) is 5.83. The van der Waals surface area contributed by atoms with E-state index in [0.717, 1.165) is 30.9 Å².